The van der Waals surface area contributed by atoms with Crippen molar-refractivity contribution in [3.05, 3.63) is 41.2 Å². The number of ether oxygens (including phenoxy) is 1. The molecule has 0 heterocycles. The lowest BCUT2D eigenvalue weighted by atomic mass is 10.0. The molecule has 0 unspecified atom stereocenters. The van der Waals surface area contributed by atoms with E-state index in [4.69, 9.17) is 0 Å². The van der Waals surface area contributed by atoms with Gasteiger partial charge in [0.05, 0.1) is 7.11 Å². The van der Waals surface area contributed by atoms with E-state index in [9.17, 15) is 14.0 Å². The molecule has 1 aromatic rings. The van der Waals surface area contributed by atoms with Gasteiger partial charge >= 0.3 is 5.97 Å². The summed E-state index contributed by atoms with van der Waals surface area (Å²) in [7, 11) is 1.22. The quantitative estimate of drug-likeness (QED) is 0.349. The van der Waals surface area contributed by atoms with E-state index in [0.717, 1.165) is 0 Å². The third-order valence-corrected chi connectivity index (χ3v) is 2.36. The number of rotatable bonds is 5. The molecule has 18 heavy (non-hydrogen) atoms. The van der Waals surface area contributed by atoms with E-state index < -0.39 is 5.97 Å². The van der Waals surface area contributed by atoms with Crippen LogP contribution in [0.5, 0.6) is 0 Å². The number of carbonyl (C=O) groups is 2. The van der Waals surface area contributed by atoms with Crippen LogP contribution >= 0.6 is 0 Å². The van der Waals surface area contributed by atoms with Crippen molar-refractivity contribution < 1.29 is 18.7 Å². The van der Waals surface area contributed by atoms with E-state index in [1.54, 1.807) is 0 Å². The van der Waals surface area contributed by atoms with Crippen LogP contribution in [0, 0.1) is 5.82 Å². The van der Waals surface area contributed by atoms with Crippen LogP contribution in [0.4, 0.5) is 4.39 Å². The Morgan fingerprint density at radius 2 is 1.89 bits per heavy atom. The molecule has 0 saturated heterocycles. The molecule has 96 valence electrons. The van der Waals surface area contributed by atoms with Gasteiger partial charge in [-0.15, -0.1) is 0 Å². The molecule has 0 fully saturated rings. The van der Waals surface area contributed by atoms with Crippen LogP contribution in [0.3, 0.4) is 0 Å². The Morgan fingerprint density at radius 3 is 2.39 bits per heavy atom. The minimum atomic E-state index is -0.669. The zero-order chi connectivity index (χ0) is 13.5. The second-order valence-electron chi connectivity index (χ2n) is 3.77. The number of halogens is 1. The third-order valence-electron chi connectivity index (χ3n) is 2.36. The molecule has 4 heteroatoms. The zero-order valence-corrected chi connectivity index (χ0v) is 10.4. The fraction of sp³-hybridized carbons (Fsp3) is 0.286. The molecule has 0 spiro atoms. The maximum Gasteiger partial charge on any atom is 0.341 e. The summed E-state index contributed by atoms with van der Waals surface area (Å²) in [4.78, 5) is 23.3. The maximum absolute atomic E-state index is 12.7. The molecule has 0 radical (unpaired) electrons. The van der Waals surface area contributed by atoms with Gasteiger partial charge in [0.25, 0.3) is 0 Å². The molecular weight excluding hydrogens is 235 g/mol. The largest absolute Gasteiger partial charge is 0.465 e. The second kappa shape index (κ2) is 6.69. The summed E-state index contributed by atoms with van der Waals surface area (Å²) < 4.78 is 17.3. The molecule has 0 bridgehead atoms. The van der Waals surface area contributed by atoms with Crippen molar-refractivity contribution in [2.75, 3.05) is 7.11 Å². The fourth-order valence-electron chi connectivity index (χ4n) is 1.45. The topological polar surface area (TPSA) is 43.4 Å². The summed E-state index contributed by atoms with van der Waals surface area (Å²) >= 11 is 0. The average Bonchev–Trinajstić information content (AvgIpc) is 2.37. The lowest BCUT2D eigenvalue weighted by molar-refractivity contribution is -0.137. The predicted molar refractivity (Wildman–Crippen MR) is 66.3 cm³/mol. The van der Waals surface area contributed by atoms with Gasteiger partial charge in [-0.05, 0) is 30.2 Å². The lowest BCUT2D eigenvalue weighted by Crippen LogP contribution is -2.14. The minimum Gasteiger partial charge on any atom is -0.465 e. The van der Waals surface area contributed by atoms with Crippen molar-refractivity contribution >= 4 is 17.8 Å². The first-order valence-electron chi connectivity index (χ1n) is 5.67. The van der Waals surface area contributed by atoms with Crippen molar-refractivity contribution in [3.63, 3.8) is 0 Å². The van der Waals surface area contributed by atoms with Crippen LogP contribution in [-0.4, -0.2) is 18.9 Å². The van der Waals surface area contributed by atoms with Crippen LogP contribution in [-0.2, 0) is 14.3 Å². The van der Waals surface area contributed by atoms with Crippen LogP contribution in [0.15, 0.2) is 29.8 Å². The molecule has 3 nitrogen and oxygen atoms in total. The SMILES string of the molecule is CCCC(=O)C(=Cc1ccc(F)cc1)C(=O)OC. The number of benzene rings is 1. The van der Waals surface area contributed by atoms with E-state index in [-0.39, 0.29) is 23.6 Å². The number of hydrogen-bond acceptors (Lipinski definition) is 3. The highest BCUT2D eigenvalue weighted by molar-refractivity contribution is 6.20. The van der Waals surface area contributed by atoms with Gasteiger partial charge in [0.2, 0.25) is 0 Å². The summed E-state index contributed by atoms with van der Waals surface area (Å²) in [6.07, 6.45) is 2.35. The Bertz CT molecular complexity index is 460. The summed E-state index contributed by atoms with van der Waals surface area (Å²) in [5.41, 5.74) is 0.576. The van der Waals surface area contributed by atoms with Crippen LogP contribution in [0.1, 0.15) is 25.3 Å². The smallest absolute Gasteiger partial charge is 0.341 e. The highest BCUT2D eigenvalue weighted by Crippen LogP contribution is 2.12. The van der Waals surface area contributed by atoms with Gasteiger partial charge in [-0.1, -0.05) is 19.1 Å². The summed E-state index contributed by atoms with van der Waals surface area (Å²) in [5, 5.41) is 0. The van der Waals surface area contributed by atoms with Crippen molar-refractivity contribution in [1.82, 2.24) is 0 Å². The van der Waals surface area contributed by atoms with E-state index in [1.807, 2.05) is 6.92 Å². The Labute approximate surface area is 105 Å². The summed E-state index contributed by atoms with van der Waals surface area (Å²) in [6, 6.07) is 5.53. The van der Waals surface area contributed by atoms with E-state index >= 15 is 0 Å². The Hall–Kier alpha value is -1.97. The monoisotopic (exact) mass is 250 g/mol. The highest BCUT2D eigenvalue weighted by atomic mass is 19.1. The van der Waals surface area contributed by atoms with Crippen molar-refractivity contribution in [3.8, 4) is 0 Å². The molecule has 0 aliphatic rings. The minimum absolute atomic E-state index is 0.00837. The standard InChI is InChI=1S/C14H15FO3/c1-3-4-13(16)12(14(17)18-2)9-10-5-7-11(15)8-6-10/h5-9H,3-4H2,1-2H3. The molecule has 1 rings (SSSR count). The van der Waals surface area contributed by atoms with E-state index in [2.05, 4.69) is 4.74 Å². The highest BCUT2D eigenvalue weighted by Gasteiger charge is 2.17. The maximum atomic E-state index is 12.7. The van der Waals surface area contributed by atoms with Crippen LogP contribution in [0.2, 0.25) is 0 Å². The van der Waals surface area contributed by atoms with Crippen molar-refractivity contribution in [2.45, 2.75) is 19.8 Å². The van der Waals surface area contributed by atoms with Gasteiger partial charge < -0.3 is 4.74 Å². The van der Waals surface area contributed by atoms with Crippen LogP contribution < -0.4 is 0 Å². The molecule has 0 aromatic heterocycles. The summed E-state index contributed by atoms with van der Waals surface area (Å²) in [5.74, 6) is -1.31. The molecule has 0 saturated carbocycles. The number of Topliss-reactive ketones (excluding diaryl/α,β-unsaturated/α-hetero) is 1. The molecule has 0 aliphatic heterocycles. The van der Waals surface area contributed by atoms with Gasteiger partial charge in [-0.3, -0.25) is 4.79 Å². The van der Waals surface area contributed by atoms with Gasteiger partial charge in [-0.2, -0.15) is 0 Å². The van der Waals surface area contributed by atoms with Gasteiger partial charge in [0, 0.05) is 6.42 Å². The lowest BCUT2D eigenvalue weighted by Gasteiger charge is -2.04. The zero-order valence-electron chi connectivity index (χ0n) is 10.4. The second-order valence-corrected chi connectivity index (χ2v) is 3.77. The first-order chi connectivity index (χ1) is 8.58. The van der Waals surface area contributed by atoms with Crippen molar-refractivity contribution in [1.29, 1.82) is 0 Å². The van der Waals surface area contributed by atoms with Gasteiger partial charge in [-0.25, -0.2) is 9.18 Å². The first kappa shape index (κ1) is 14.1. The van der Waals surface area contributed by atoms with Crippen molar-refractivity contribution in [2.24, 2.45) is 0 Å². The molecular formula is C14H15FO3. The average molecular weight is 250 g/mol. The molecule has 0 N–H and O–H groups in total. The molecule has 1 aromatic carbocycles. The number of hydrogen-bond donors (Lipinski definition) is 0. The predicted octanol–water partition coefficient (Wildman–Crippen LogP) is 2.75. The summed E-state index contributed by atoms with van der Waals surface area (Å²) in [6.45, 7) is 1.85. The normalized spacial score (nSPS) is 11.2. The number of ketones is 1. The van der Waals surface area contributed by atoms with Gasteiger partial charge in [0.15, 0.2) is 5.78 Å². The Balaban J connectivity index is 3.05. The van der Waals surface area contributed by atoms with Crippen LogP contribution in [0.25, 0.3) is 6.08 Å². The fourth-order valence-corrected chi connectivity index (χ4v) is 1.45. The number of methoxy groups -OCH3 is 1. The molecule has 0 amide bonds. The Morgan fingerprint density at radius 1 is 1.28 bits per heavy atom. The van der Waals surface area contributed by atoms with E-state index in [0.29, 0.717) is 12.0 Å². The number of carbonyl (C=O) groups excluding carboxylic acids is 2. The van der Waals surface area contributed by atoms with Gasteiger partial charge in [0.1, 0.15) is 11.4 Å². The molecule has 0 aliphatic carbocycles. The third kappa shape index (κ3) is 3.80. The Kier molecular flexibility index (Phi) is 5.24. The number of esters is 1. The molecule has 0 atom stereocenters. The first-order valence-corrected chi connectivity index (χ1v) is 5.67. The van der Waals surface area contributed by atoms with E-state index in [1.165, 1.54) is 37.5 Å².